The van der Waals surface area contributed by atoms with Crippen LogP contribution in [0, 0.1) is 6.92 Å². The second-order valence-corrected chi connectivity index (χ2v) is 3.14. The molecule has 0 bridgehead atoms. The number of nitrogen functional groups attached to an aromatic ring is 1. The number of rotatable bonds is 3. The smallest absolute Gasteiger partial charge is 0.109 e. The standard InChI is InChI=1S/C9H14N2O3/c1-5-7(2-6(10)3-11-5)9(14)8(13)4-12/h2-3,8-9,12-14H,4,10H2,1H3. The lowest BCUT2D eigenvalue weighted by Crippen LogP contribution is -2.23. The first-order chi connectivity index (χ1) is 6.56. The molecule has 0 saturated heterocycles. The van der Waals surface area contributed by atoms with Gasteiger partial charge in [-0.3, -0.25) is 4.98 Å². The summed E-state index contributed by atoms with van der Waals surface area (Å²) in [5, 5.41) is 27.5. The van der Waals surface area contributed by atoms with E-state index in [-0.39, 0.29) is 0 Å². The Morgan fingerprint density at radius 1 is 1.50 bits per heavy atom. The van der Waals surface area contributed by atoms with Crippen molar-refractivity contribution in [2.45, 2.75) is 19.1 Å². The Hall–Kier alpha value is -1.17. The summed E-state index contributed by atoms with van der Waals surface area (Å²) in [4.78, 5) is 3.94. The number of pyridine rings is 1. The zero-order valence-electron chi connectivity index (χ0n) is 7.88. The van der Waals surface area contributed by atoms with Crippen molar-refractivity contribution < 1.29 is 15.3 Å². The van der Waals surface area contributed by atoms with Gasteiger partial charge < -0.3 is 21.1 Å². The van der Waals surface area contributed by atoms with Crippen LogP contribution in [0.1, 0.15) is 17.4 Å². The highest BCUT2D eigenvalue weighted by Gasteiger charge is 2.19. The quantitative estimate of drug-likeness (QED) is 0.517. The zero-order valence-corrected chi connectivity index (χ0v) is 7.88. The Morgan fingerprint density at radius 3 is 2.71 bits per heavy atom. The Bertz CT molecular complexity index is 317. The fourth-order valence-electron chi connectivity index (χ4n) is 1.17. The van der Waals surface area contributed by atoms with Gasteiger partial charge in [-0.1, -0.05) is 0 Å². The van der Waals surface area contributed by atoms with Gasteiger partial charge in [0.05, 0.1) is 18.5 Å². The monoisotopic (exact) mass is 198 g/mol. The second-order valence-electron chi connectivity index (χ2n) is 3.14. The molecule has 5 nitrogen and oxygen atoms in total. The summed E-state index contributed by atoms with van der Waals surface area (Å²) < 4.78 is 0. The maximum absolute atomic E-state index is 9.59. The van der Waals surface area contributed by atoms with Gasteiger partial charge >= 0.3 is 0 Å². The molecule has 0 aromatic carbocycles. The number of aromatic nitrogens is 1. The molecule has 0 aliphatic heterocycles. The fourth-order valence-corrected chi connectivity index (χ4v) is 1.17. The van der Waals surface area contributed by atoms with Crippen LogP contribution < -0.4 is 5.73 Å². The zero-order chi connectivity index (χ0) is 10.7. The molecule has 0 aliphatic carbocycles. The molecule has 0 saturated carbocycles. The first-order valence-electron chi connectivity index (χ1n) is 4.25. The molecule has 1 aromatic rings. The number of hydrogen-bond acceptors (Lipinski definition) is 5. The summed E-state index contributed by atoms with van der Waals surface area (Å²) in [6.45, 7) is 1.19. The lowest BCUT2D eigenvalue weighted by Gasteiger charge is -2.17. The van der Waals surface area contributed by atoms with E-state index in [1.807, 2.05) is 0 Å². The molecule has 1 aromatic heterocycles. The number of hydrogen-bond donors (Lipinski definition) is 4. The van der Waals surface area contributed by atoms with E-state index in [1.165, 1.54) is 12.3 Å². The number of nitrogens with zero attached hydrogens (tertiary/aromatic N) is 1. The van der Waals surface area contributed by atoms with E-state index in [1.54, 1.807) is 6.92 Å². The fraction of sp³-hybridized carbons (Fsp3) is 0.444. The molecule has 2 atom stereocenters. The van der Waals surface area contributed by atoms with Crippen LogP contribution in [0.15, 0.2) is 12.3 Å². The van der Waals surface area contributed by atoms with E-state index in [2.05, 4.69) is 4.98 Å². The minimum atomic E-state index is -1.21. The molecule has 0 spiro atoms. The molecule has 0 radical (unpaired) electrons. The Labute approximate surface area is 81.8 Å². The molecule has 14 heavy (non-hydrogen) atoms. The van der Waals surface area contributed by atoms with Crippen molar-refractivity contribution in [2.24, 2.45) is 0 Å². The van der Waals surface area contributed by atoms with Crippen molar-refractivity contribution >= 4 is 5.69 Å². The van der Waals surface area contributed by atoms with Crippen LogP contribution in [0.2, 0.25) is 0 Å². The lowest BCUT2D eigenvalue weighted by molar-refractivity contribution is -0.0156. The molecule has 1 heterocycles. The summed E-state index contributed by atoms with van der Waals surface area (Å²) in [5.41, 5.74) is 6.92. The van der Waals surface area contributed by atoms with Crippen LogP contribution in [0.25, 0.3) is 0 Å². The molecule has 5 N–H and O–H groups in total. The molecule has 0 amide bonds. The van der Waals surface area contributed by atoms with Crippen molar-refractivity contribution in [3.8, 4) is 0 Å². The minimum absolute atomic E-state index is 0.412. The van der Waals surface area contributed by atoms with Crippen LogP contribution in [-0.2, 0) is 0 Å². The van der Waals surface area contributed by atoms with E-state index in [9.17, 15) is 10.2 Å². The van der Waals surface area contributed by atoms with Gasteiger partial charge in [-0.05, 0) is 13.0 Å². The number of aryl methyl sites for hydroxylation is 1. The van der Waals surface area contributed by atoms with Crippen LogP contribution >= 0.6 is 0 Å². The van der Waals surface area contributed by atoms with Crippen LogP contribution in [-0.4, -0.2) is 33.0 Å². The van der Waals surface area contributed by atoms with Gasteiger partial charge in [0.1, 0.15) is 12.2 Å². The number of aliphatic hydroxyl groups excluding tert-OH is 3. The highest BCUT2D eigenvalue weighted by Crippen LogP contribution is 2.21. The third-order valence-corrected chi connectivity index (χ3v) is 2.02. The maximum Gasteiger partial charge on any atom is 0.109 e. The SMILES string of the molecule is Cc1ncc(N)cc1C(O)C(O)CO. The second kappa shape index (κ2) is 4.36. The molecule has 78 valence electrons. The van der Waals surface area contributed by atoms with Crippen molar-refractivity contribution in [3.63, 3.8) is 0 Å². The molecule has 2 unspecified atom stereocenters. The van der Waals surface area contributed by atoms with Crippen molar-refractivity contribution in [1.29, 1.82) is 0 Å². The van der Waals surface area contributed by atoms with Crippen LogP contribution in [0.3, 0.4) is 0 Å². The first-order valence-corrected chi connectivity index (χ1v) is 4.25. The van der Waals surface area contributed by atoms with Gasteiger partial charge in [-0.15, -0.1) is 0 Å². The number of aliphatic hydroxyl groups is 3. The summed E-state index contributed by atoms with van der Waals surface area (Å²) >= 11 is 0. The molecule has 5 heteroatoms. The summed E-state index contributed by atoms with van der Waals surface area (Å²) in [6.07, 6.45) is -0.898. The van der Waals surface area contributed by atoms with E-state index < -0.39 is 18.8 Å². The van der Waals surface area contributed by atoms with E-state index in [4.69, 9.17) is 10.8 Å². The summed E-state index contributed by atoms with van der Waals surface area (Å²) in [7, 11) is 0. The average Bonchev–Trinajstić information content (AvgIpc) is 2.19. The normalized spacial score (nSPS) is 15.1. The van der Waals surface area contributed by atoms with Crippen molar-refractivity contribution in [1.82, 2.24) is 4.98 Å². The minimum Gasteiger partial charge on any atom is -0.397 e. The Kier molecular flexibility index (Phi) is 3.40. The van der Waals surface area contributed by atoms with Gasteiger partial charge in [0.15, 0.2) is 0 Å². The average molecular weight is 198 g/mol. The summed E-state index contributed by atoms with van der Waals surface area (Å²) in [5.74, 6) is 0. The van der Waals surface area contributed by atoms with Gasteiger partial charge in [-0.25, -0.2) is 0 Å². The van der Waals surface area contributed by atoms with Gasteiger partial charge in [0.2, 0.25) is 0 Å². The van der Waals surface area contributed by atoms with Crippen molar-refractivity contribution in [2.75, 3.05) is 12.3 Å². The lowest BCUT2D eigenvalue weighted by atomic mass is 10.0. The molecular weight excluding hydrogens is 184 g/mol. The van der Waals surface area contributed by atoms with E-state index in [0.29, 0.717) is 16.9 Å². The first kappa shape index (κ1) is 10.9. The van der Waals surface area contributed by atoms with Gasteiger partial charge in [-0.2, -0.15) is 0 Å². The predicted molar refractivity (Wildman–Crippen MR) is 51.4 cm³/mol. The highest BCUT2D eigenvalue weighted by atomic mass is 16.4. The van der Waals surface area contributed by atoms with Gasteiger partial charge in [0.25, 0.3) is 0 Å². The third kappa shape index (κ3) is 2.20. The Balaban J connectivity index is 2.99. The van der Waals surface area contributed by atoms with Gasteiger partial charge in [0, 0.05) is 11.3 Å². The Morgan fingerprint density at radius 2 is 2.14 bits per heavy atom. The maximum atomic E-state index is 9.59. The van der Waals surface area contributed by atoms with E-state index >= 15 is 0 Å². The topological polar surface area (TPSA) is 99.6 Å². The molecule has 0 fully saturated rings. The largest absolute Gasteiger partial charge is 0.397 e. The molecular formula is C9H14N2O3. The van der Waals surface area contributed by atoms with Crippen LogP contribution in [0.4, 0.5) is 5.69 Å². The highest BCUT2D eigenvalue weighted by molar-refractivity contribution is 5.40. The molecule has 1 rings (SSSR count). The van der Waals surface area contributed by atoms with Crippen molar-refractivity contribution in [3.05, 3.63) is 23.5 Å². The predicted octanol–water partition coefficient (Wildman–Crippen LogP) is -0.641. The van der Waals surface area contributed by atoms with E-state index in [0.717, 1.165) is 0 Å². The molecule has 0 aliphatic rings. The summed E-state index contributed by atoms with van der Waals surface area (Å²) in [6, 6.07) is 1.53. The third-order valence-electron chi connectivity index (χ3n) is 2.02. The number of anilines is 1. The number of nitrogens with two attached hydrogens (primary N) is 1. The van der Waals surface area contributed by atoms with Crippen LogP contribution in [0.5, 0.6) is 0 Å².